The second-order valence-corrected chi connectivity index (χ2v) is 5.38. The highest BCUT2D eigenvalue weighted by molar-refractivity contribution is 5.97. The highest BCUT2D eigenvalue weighted by atomic mass is 16.5. The van der Waals surface area contributed by atoms with Crippen molar-refractivity contribution in [3.05, 3.63) is 35.4 Å². The standard InChI is InChI=1S/C16H19NO4/c1-11-4-6-13(10-12(11)5-7-14(18)19)17-15(20)16(2)8-3-9-21-16/h4-7,10H,3,8-9H2,1-2H3,(H,17,20)(H,18,19)/b7-5+. The van der Waals surface area contributed by atoms with Crippen molar-refractivity contribution in [2.24, 2.45) is 0 Å². The Morgan fingerprint density at radius 3 is 2.81 bits per heavy atom. The summed E-state index contributed by atoms with van der Waals surface area (Å²) in [6.45, 7) is 4.27. The zero-order chi connectivity index (χ0) is 15.5. The Kier molecular flexibility index (Phi) is 4.43. The molecule has 1 aliphatic heterocycles. The zero-order valence-electron chi connectivity index (χ0n) is 12.2. The lowest BCUT2D eigenvalue weighted by molar-refractivity contribution is -0.133. The number of carbonyl (C=O) groups is 2. The Hall–Kier alpha value is -2.14. The summed E-state index contributed by atoms with van der Waals surface area (Å²) in [7, 11) is 0. The van der Waals surface area contributed by atoms with E-state index in [2.05, 4.69) is 5.32 Å². The summed E-state index contributed by atoms with van der Waals surface area (Å²) in [5.41, 5.74) is 1.55. The Morgan fingerprint density at radius 2 is 2.19 bits per heavy atom. The van der Waals surface area contributed by atoms with Gasteiger partial charge in [-0.05, 0) is 56.0 Å². The van der Waals surface area contributed by atoms with Gasteiger partial charge in [-0.15, -0.1) is 0 Å². The molecule has 1 unspecified atom stereocenters. The number of amides is 1. The molecule has 21 heavy (non-hydrogen) atoms. The molecule has 1 heterocycles. The first-order valence-electron chi connectivity index (χ1n) is 6.88. The molecule has 1 fully saturated rings. The number of ether oxygens (including phenoxy) is 1. The second kappa shape index (κ2) is 6.10. The van der Waals surface area contributed by atoms with E-state index in [9.17, 15) is 9.59 Å². The van der Waals surface area contributed by atoms with E-state index >= 15 is 0 Å². The Bertz CT molecular complexity index is 586. The second-order valence-electron chi connectivity index (χ2n) is 5.38. The fraction of sp³-hybridized carbons (Fsp3) is 0.375. The van der Waals surface area contributed by atoms with Gasteiger partial charge in [-0.3, -0.25) is 4.79 Å². The molecule has 0 aromatic heterocycles. The fourth-order valence-electron chi connectivity index (χ4n) is 2.28. The summed E-state index contributed by atoms with van der Waals surface area (Å²) in [5, 5.41) is 11.5. The maximum absolute atomic E-state index is 12.3. The number of benzene rings is 1. The quantitative estimate of drug-likeness (QED) is 0.835. The third-order valence-corrected chi connectivity index (χ3v) is 3.64. The highest BCUT2D eigenvalue weighted by Crippen LogP contribution is 2.27. The average Bonchev–Trinajstić information content (AvgIpc) is 2.87. The molecule has 1 aromatic rings. The van der Waals surface area contributed by atoms with Crippen LogP contribution in [0, 0.1) is 6.92 Å². The summed E-state index contributed by atoms with van der Waals surface area (Å²) in [4.78, 5) is 22.8. The van der Waals surface area contributed by atoms with Gasteiger partial charge in [-0.1, -0.05) is 6.07 Å². The molecule has 0 spiro atoms. The van der Waals surface area contributed by atoms with Crippen molar-refractivity contribution < 1.29 is 19.4 Å². The van der Waals surface area contributed by atoms with Gasteiger partial charge in [0.1, 0.15) is 5.60 Å². The number of nitrogens with one attached hydrogen (secondary N) is 1. The third-order valence-electron chi connectivity index (χ3n) is 3.64. The lowest BCUT2D eigenvalue weighted by Crippen LogP contribution is -2.39. The minimum Gasteiger partial charge on any atom is -0.478 e. The molecule has 0 saturated carbocycles. The van der Waals surface area contributed by atoms with Gasteiger partial charge in [-0.2, -0.15) is 0 Å². The van der Waals surface area contributed by atoms with Crippen LogP contribution in [0.15, 0.2) is 24.3 Å². The van der Waals surface area contributed by atoms with Crippen LogP contribution in [-0.4, -0.2) is 29.2 Å². The molecule has 1 amide bonds. The van der Waals surface area contributed by atoms with Gasteiger partial charge in [0.25, 0.3) is 5.91 Å². The smallest absolute Gasteiger partial charge is 0.328 e. The van der Waals surface area contributed by atoms with Crippen molar-refractivity contribution in [3.8, 4) is 0 Å². The van der Waals surface area contributed by atoms with Gasteiger partial charge in [0.15, 0.2) is 0 Å². The van der Waals surface area contributed by atoms with Crippen molar-refractivity contribution >= 4 is 23.6 Å². The number of aryl methyl sites for hydroxylation is 1. The van der Waals surface area contributed by atoms with E-state index in [0.29, 0.717) is 18.7 Å². The lowest BCUT2D eigenvalue weighted by Gasteiger charge is -2.22. The molecule has 5 nitrogen and oxygen atoms in total. The molecule has 1 saturated heterocycles. The Morgan fingerprint density at radius 1 is 1.43 bits per heavy atom. The number of carbonyl (C=O) groups excluding carboxylic acids is 1. The third kappa shape index (κ3) is 3.70. The van der Waals surface area contributed by atoms with Crippen LogP contribution in [0.2, 0.25) is 0 Å². The largest absolute Gasteiger partial charge is 0.478 e. The predicted molar refractivity (Wildman–Crippen MR) is 80.1 cm³/mol. The fourth-order valence-corrected chi connectivity index (χ4v) is 2.28. The number of anilines is 1. The molecular weight excluding hydrogens is 270 g/mol. The summed E-state index contributed by atoms with van der Waals surface area (Å²) < 4.78 is 5.50. The van der Waals surface area contributed by atoms with Crippen LogP contribution >= 0.6 is 0 Å². The number of carboxylic acid groups (broad SMARTS) is 1. The van der Waals surface area contributed by atoms with Crippen LogP contribution in [0.25, 0.3) is 6.08 Å². The van der Waals surface area contributed by atoms with Crippen molar-refractivity contribution in [3.63, 3.8) is 0 Å². The first kappa shape index (κ1) is 15.3. The van der Waals surface area contributed by atoms with Crippen LogP contribution in [0.1, 0.15) is 30.9 Å². The molecular formula is C16H19NO4. The van der Waals surface area contributed by atoms with Gasteiger partial charge < -0.3 is 15.2 Å². The van der Waals surface area contributed by atoms with Gasteiger partial charge >= 0.3 is 5.97 Å². The van der Waals surface area contributed by atoms with Crippen LogP contribution in [0.3, 0.4) is 0 Å². The van der Waals surface area contributed by atoms with Crippen molar-refractivity contribution in [2.75, 3.05) is 11.9 Å². The monoisotopic (exact) mass is 289 g/mol. The number of rotatable bonds is 4. The van der Waals surface area contributed by atoms with Gasteiger partial charge in [0.05, 0.1) is 0 Å². The molecule has 112 valence electrons. The summed E-state index contributed by atoms with van der Waals surface area (Å²) in [6, 6.07) is 5.39. The predicted octanol–water partition coefficient (Wildman–Crippen LogP) is 2.60. The summed E-state index contributed by atoms with van der Waals surface area (Å²) in [6.07, 6.45) is 4.18. The topological polar surface area (TPSA) is 75.6 Å². The summed E-state index contributed by atoms with van der Waals surface area (Å²) >= 11 is 0. The van der Waals surface area contributed by atoms with Gasteiger partial charge in [0, 0.05) is 18.4 Å². The molecule has 1 aromatic carbocycles. The van der Waals surface area contributed by atoms with Crippen LogP contribution in [-0.2, 0) is 14.3 Å². The Balaban J connectivity index is 2.15. The molecule has 0 bridgehead atoms. The van der Waals surface area contributed by atoms with E-state index in [1.54, 1.807) is 19.1 Å². The van der Waals surface area contributed by atoms with Crippen molar-refractivity contribution in [1.82, 2.24) is 0 Å². The number of hydrogen-bond acceptors (Lipinski definition) is 3. The molecule has 1 atom stereocenters. The van der Waals surface area contributed by atoms with Crippen molar-refractivity contribution in [1.29, 1.82) is 0 Å². The molecule has 1 aliphatic rings. The van der Waals surface area contributed by atoms with E-state index < -0.39 is 11.6 Å². The zero-order valence-corrected chi connectivity index (χ0v) is 12.2. The maximum Gasteiger partial charge on any atom is 0.328 e. The average molecular weight is 289 g/mol. The van der Waals surface area contributed by atoms with Crippen LogP contribution in [0.4, 0.5) is 5.69 Å². The van der Waals surface area contributed by atoms with E-state index in [4.69, 9.17) is 9.84 Å². The van der Waals surface area contributed by atoms with Crippen LogP contribution in [0.5, 0.6) is 0 Å². The molecule has 5 heteroatoms. The van der Waals surface area contributed by atoms with Crippen LogP contribution < -0.4 is 5.32 Å². The van der Waals surface area contributed by atoms with E-state index in [-0.39, 0.29) is 5.91 Å². The number of hydrogen-bond donors (Lipinski definition) is 2. The van der Waals surface area contributed by atoms with Gasteiger partial charge in [0.2, 0.25) is 0 Å². The first-order valence-corrected chi connectivity index (χ1v) is 6.88. The van der Waals surface area contributed by atoms with Crippen molar-refractivity contribution in [2.45, 2.75) is 32.3 Å². The maximum atomic E-state index is 12.3. The molecule has 0 radical (unpaired) electrons. The molecule has 2 rings (SSSR count). The number of aliphatic carboxylic acids is 1. The highest BCUT2D eigenvalue weighted by Gasteiger charge is 2.37. The van der Waals surface area contributed by atoms with E-state index in [1.807, 2.05) is 13.0 Å². The Labute approximate surface area is 123 Å². The minimum absolute atomic E-state index is 0.169. The minimum atomic E-state index is -1.00. The SMILES string of the molecule is Cc1ccc(NC(=O)C2(C)CCCO2)cc1/C=C/C(=O)O. The van der Waals surface area contributed by atoms with Gasteiger partial charge in [-0.25, -0.2) is 4.79 Å². The first-order chi connectivity index (χ1) is 9.90. The number of carboxylic acids is 1. The van der Waals surface area contributed by atoms with E-state index in [0.717, 1.165) is 23.6 Å². The molecule has 2 N–H and O–H groups in total. The normalized spacial score (nSPS) is 21.6. The van der Waals surface area contributed by atoms with E-state index in [1.165, 1.54) is 6.08 Å². The molecule has 0 aliphatic carbocycles. The summed E-state index contributed by atoms with van der Waals surface area (Å²) in [5.74, 6) is -1.17. The lowest BCUT2D eigenvalue weighted by atomic mass is 10.0.